The number of fused-ring (bicyclic) bond motifs is 1. The number of hydrogen-bond acceptors (Lipinski definition) is 2. The second kappa shape index (κ2) is 4.26. The number of rotatable bonds is 1. The minimum atomic E-state index is 0.0297. The van der Waals surface area contributed by atoms with Gasteiger partial charge in [0.25, 0.3) is 0 Å². The summed E-state index contributed by atoms with van der Waals surface area (Å²) in [5.41, 5.74) is 2.71. The summed E-state index contributed by atoms with van der Waals surface area (Å²) in [5, 5.41) is 2.88. The van der Waals surface area contributed by atoms with Gasteiger partial charge in [0.15, 0.2) is 0 Å². The Bertz CT molecular complexity index is 461. The lowest BCUT2D eigenvalue weighted by molar-refractivity contribution is 0.216. The summed E-state index contributed by atoms with van der Waals surface area (Å²) in [5.74, 6) is 1.23. The zero-order valence-corrected chi connectivity index (χ0v) is 10.7. The third-order valence-corrected chi connectivity index (χ3v) is 4.75. The summed E-state index contributed by atoms with van der Waals surface area (Å²) in [6.07, 6.45) is 2.44. The summed E-state index contributed by atoms with van der Waals surface area (Å²) >= 11 is 1.95. The van der Waals surface area contributed by atoms with E-state index in [9.17, 15) is 4.79 Å². The lowest BCUT2D eigenvalue weighted by atomic mass is 10.0. The molecule has 1 fully saturated rings. The minimum absolute atomic E-state index is 0.0297. The van der Waals surface area contributed by atoms with Gasteiger partial charge >= 0.3 is 6.03 Å². The molecule has 1 aromatic rings. The molecule has 2 heterocycles. The molecule has 3 nitrogen and oxygen atoms in total. The molecule has 0 radical (unpaired) electrons. The molecule has 17 heavy (non-hydrogen) atoms. The van der Waals surface area contributed by atoms with E-state index in [1.807, 2.05) is 18.8 Å². The molecule has 3 rings (SSSR count). The molecule has 0 bridgehead atoms. The first-order valence-corrected chi connectivity index (χ1v) is 7.00. The first-order valence-electron chi connectivity index (χ1n) is 6.02. The van der Waals surface area contributed by atoms with Gasteiger partial charge < -0.3 is 10.2 Å². The van der Waals surface area contributed by atoms with Crippen LogP contribution in [0.4, 0.5) is 4.79 Å². The van der Waals surface area contributed by atoms with Crippen LogP contribution < -0.4 is 5.32 Å². The molecule has 4 heteroatoms. The SMILES string of the molecule is CN1C(=O)NCC1c1ccc2c(c1)CCCS2. The van der Waals surface area contributed by atoms with Gasteiger partial charge in [-0.1, -0.05) is 12.1 Å². The van der Waals surface area contributed by atoms with Gasteiger partial charge in [0.05, 0.1) is 6.04 Å². The molecule has 2 aliphatic rings. The quantitative estimate of drug-likeness (QED) is 0.828. The predicted molar refractivity (Wildman–Crippen MR) is 69.4 cm³/mol. The van der Waals surface area contributed by atoms with Crippen LogP contribution in [0, 0.1) is 0 Å². The zero-order valence-electron chi connectivity index (χ0n) is 9.90. The predicted octanol–water partition coefficient (Wildman–Crippen LogP) is 2.42. The third-order valence-electron chi connectivity index (χ3n) is 3.55. The fourth-order valence-electron chi connectivity index (χ4n) is 2.52. The van der Waals surface area contributed by atoms with Crippen molar-refractivity contribution in [2.24, 2.45) is 0 Å². The molecule has 0 spiro atoms. The van der Waals surface area contributed by atoms with Gasteiger partial charge in [-0.25, -0.2) is 4.79 Å². The van der Waals surface area contributed by atoms with E-state index in [0.29, 0.717) is 0 Å². The number of aryl methyl sites for hydroxylation is 1. The normalized spacial score (nSPS) is 23.5. The number of benzene rings is 1. The minimum Gasteiger partial charge on any atom is -0.336 e. The fourth-order valence-corrected chi connectivity index (χ4v) is 3.54. The maximum absolute atomic E-state index is 11.5. The molecule has 1 unspecified atom stereocenters. The highest BCUT2D eigenvalue weighted by Gasteiger charge is 2.28. The molecule has 0 aliphatic carbocycles. The van der Waals surface area contributed by atoms with Crippen molar-refractivity contribution in [2.45, 2.75) is 23.8 Å². The van der Waals surface area contributed by atoms with Gasteiger partial charge in [0.1, 0.15) is 0 Å². The molecule has 1 saturated heterocycles. The number of carbonyl (C=O) groups excluding carboxylic acids is 1. The van der Waals surface area contributed by atoms with E-state index in [1.165, 1.54) is 34.6 Å². The summed E-state index contributed by atoms with van der Waals surface area (Å²) in [4.78, 5) is 14.7. The van der Waals surface area contributed by atoms with Crippen molar-refractivity contribution < 1.29 is 4.79 Å². The maximum atomic E-state index is 11.5. The van der Waals surface area contributed by atoms with E-state index in [4.69, 9.17) is 0 Å². The molecule has 1 atom stereocenters. The topological polar surface area (TPSA) is 32.3 Å². The number of nitrogens with zero attached hydrogens (tertiary/aromatic N) is 1. The van der Waals surface area contributed by atoms with Crippen molar-refractivity contribution >= 4 is 17.8 Å². The fraction of sp³-hybridized carbons (Fsp3) is 0.462. The highest BCUT2D eigenvalue weighted by molar-refractivity contribution is 7.99. The van der Waals surface area contributed by atoms with E-state index in [2.05, 4.69) is 23.5 Å². The first-order chi connectivity index (χ1) is 8.25. The number of nitrogens with one attached hydrogen (secondary N) is 1. The largest absolute Gasteiger partial charge is 0.336 e. The highest BCUT2D eigenvalue weighted by Crippen LogP contribution is 2.33. The van der Waals surface area contributed by atoms with Crippen LogP contribution in [-0.2, 0) is 6.42 Å². The van der Waals surface area contributed by atoms with Crippen molar-refractivity contribution in [3.8, 4) is 0 Å². The van der Waals surface area contributed by atoms with Gasteiger partial charge in [-0.15, -0.1) is 11.8 Å². The van der Waals surface area contributed by atoms with Crippen LogP contribution in [-0.4, -0.2) is 30.3 Å². The van der Waals surface area contributed by atoms with E-state index in [0.717, 1.165) is 6.54 Å². The number of urea groups is 1. The molecule has 0 aromatic heterocycles. The summed E-state index contributed by atoms with van der Waals surface area (Å²) in [6, 6.07) is 6.88. The first kappa shape index (κ1) is 11.0. The molecule has 2 amide bonds. The van der Waals surface area contributed by atoms with Crippen LogP contribution in [0.2, 0.25) is 0 Å². The third kappa shape index (κ3) is 1.90. The molecule has 0 saturated carbocycles. The average molecular weight is 248 g/mol. The van der Waals surface area contributed by atoms with Crippen molar-refractivity contribution in [3.63, 3.8) is 0 Å². The van der Waals surface area contributed by atoms with Gasteiger partial charge in [0, 0.05) is 18.5 Å². The number of likely N-dealkylation sites (N-methyl/N-ethyl adjacent to an activating group) is 1. The Balaban J connectivity index is 1.91. The Kier molecular flexibility index (Phi) is 2.74. The molecule has 1 N–H and O–H groups in total. The lowest BCUT2D eigenvalue weighted by Gasteiger charge is -2.21. The highest BCUT2D eigenvalue weighted by atomic mass is 32.2. The Morgan fingerprint density at radius 2 is 2.35 bits per heavy atom. The Morgan fingerprint density at radius 3 is 3.12 bits per heavy atom. The second-order valence-corrected chi connectivity index (χ2v) is 5.77. The van der Waals surface area contributed by atoms with E-state index in [1.54, 1.807) is 4.90 Å². The number of amides is 2. The Labute approximate surface area is 106 Å². The van der Waals surface area contributed by atoms with Crippen LogP contribution in [0.3, 0.4) is 0 Å². The van der Waals surface area contributed by atoms with Crippen LogP contribution >= 0.6 is 11.8 Å². The molecule has 1 aromatic carbocycles. The van der Waals surface area contributed by atoms with Crippen molar-refractivity contribution in [1.82, 2.24) is 10.2 Å². The van der Waals surface area contributed by atoms with E-state index >= 15 is 0 Å². The van der Waals surface area contributed by atoms with Crippen molar-refractivity contribution in [2.75, 3.05) is 19.3 Å². The standard InChI is InChI=1S/C13H16N2OS/c1-15-11(8-14-13(15)16)9-4-5-12-10(7-9)3-2-6-17-12/h4-5,7,11H,2-3,6,8H2,1H3,(H,14,16). The van der Waals surface area contributed by atoms with Crippen LogP contribution in [0.5, 0.6) is 0 Å². The van der Waals surface area contributed by atoms with Gasteiger partial charge in [-0.2, -0.15) is 0 Å². The van der Waals surface area contributed by atoms with Gasteiger partial charge in [0.2, 0.25) is 0 Å². The molecule has 90 valence electrons. The smallest absolute Gasteiger partial charge is 0.317 e. The van der Waals surface area contributed by atoms with E-state index < -0.39 is 0 Å². The van der Waals surface area contributed by atoms with Gasteiger partial charge in [-0.3, -0.25) is 0 Å². The zero-order chi connectivity index (χ0) is 11.8. The van der Waals surface area contributed by atoms with E-state index in [-0.39, 0.29) is 12.1 Å². The Hall–Kier alpha value is -1.16. The summed E-state index contributed by atoms with van der Waals surface area (Å²) in [6.45, 7) is 0.723. The summed E-state index contributed by atoms with van der Waals surface area (Å²) in [7, 11) is 1.86. The van der Waals surface area contributed by atoms with Gasteiger partial charge in [-0.05, 0) is 35.8 Å². The monoisotopic (exact) mass is 248 g/mol. The second-order valence-electron chi connectivity index (χ2n) is 4.63. The molecule has 2 aliphatic heterocycles. The number of carbonyl (C=O) groups is 1. The molecular weight excluding hydrogens is 232 g/mol. The van der Waals surface area contributed by atoms with Crippen molar-refractivity contribution in [1.29, 1.82) is 0 Å². The Morgan fingerprint density at radius 1 is 1.47 bits per heavy atom. The number of thioether (sulfide) groups is 1. The summed E-state index contributed by atoms with van der Waals surface area (Å²) < 4.78 is 0. The van der Waals surface area contributed by atoms with Crippen LogP contribution in [0.25, 0.3) is 0 Å². The average Bonchev–Trinajstić information content (AvgIpc) is 2.70. The van der Waals surface area contributed by atoms with Crippen molar-refractivity contribution in [3.05, 3.63) is 29.3 Å². The molecular formula is C13H16N2OS. The van der Waals surface area contributed by atoms with Crippen LogP contribution in [0.15, 0.2) is 23.1 Å². The number of hydrogen-bond donors (Lipinski definition) is 1. The van der Waals surface area contributed by atoms with Crippen LogP contribution in [0.1, 0.15) is 23.6 Å². The lowest BCUT2D eigenvalue weighted by Crippen LogP contribution is -2.25. The maximum Gasteiger partial charge on any atom is 0.317 e.